The van der Waals surface area contributed by atoms with E-state index in [4.69, 9.17) is 28.2 Å². The van der Waals surface area contributed by atoms with Crippen molar-refractivity contribution < 1.29 is 9.21 Å². The summed E-state index contributed by atoms with van der Waals surface area (Å²) in [6.07, 6.45) is 1.67. The third-order valence-electron chi connectivity index (χ3n) is 4.37. The topological polar surface area (TPSA) is 33.5 Å². The summed E-state index contributed by atoms with van der Waals surface area (Å²) in [6, 6.07) is 15.3. The Kier molecular flexibility index (Phi) is 5.16. The van der Waals surface area contributed by atoms with E-state index in [1.807, 2.05) is 55.5 Å². The standard InChI is InChI=1S/C20H13BrClNO2S2/c1-11(12-5-3-2-4-6-12)23-19(24)17(27-20(23)26)10-16-18(22)14-9-13(21)7-8-15(14)25-16/h2-11H,1H3/b17-10-/t11-/m0/s1. The van der Waals surface area contributed by atoms with E-state index in [1.165, 1.54) is 11.8 Å². The molecule has 1 aliphatic rings. The molecule has 136 valence electrons. The number of thiocarbonyl (C=S) groups is 1. The zero-order valence-electron chi connectivity index (χ0n) is 14.1. The van der Waals surface area contributed by atoms with Crippen molar-refractivity contribution in [2.75, 3.05) is 0 Å². The monoisotopic (exact) mass is 477 g/mol. The Balaban J connectivity index is 1.69. The van der Waals surface area contributed by atoms with Gasteiger partial charge in [0, 0.05) is 15.9 Å². The van der Waals surface area contributed by atoms with Crippen LogP contribution in [-0.2, 0) is 4.79 Å². The number of carbonyl (C=O) groups is 1. The predicted octanol–water partition coefficient (Wildman–Crippen LogP) is 6.81. The Morgan fingerprint density at radius 3 is 2.74 bits per heavy atom. The van der Waals surface area contributed by atoms with Crippen LogP contribution in [0, 0.1) is 0 Å². The SMILES string of the molecule is C[C@@H](c1ccccc1)N1C(=O)/C(=C/c2oc3ccc(Br)cc3c2Cl)SC1=S. The third-order valence-corrected chi connectivity index (χ3v) is 6.58. The maximum absolute atomic E-state index is 13.0. The fourth-order valence-electron chi connectivity index (χ4n) is 2.96. The molecule has 1 atom stereocenters. The van der Waals surface area contributed by atoms with E-state index < -0.39 is 0 Å². The quantitative estimate of drug-likeness (QED) is 0.306. The molecule has 2 heterocycles. The molecule has 4 rings (SSSR count). The van der Waals surface area contributed by atoms with Crippen molar-refractivity contribution in [1.29, 1.82) is 0 Å². The minimum Gasteiger partial charge on any atom is -0.455 e. The van der Waals surface area contributed by atoms with Gasteiger partial charge in [-0.1, -0.05) is 81.8 Å². The minimum absolute atomic E-state index is 0.140. The highest BCUT2D eigenvalue weighted by molar-refractivity contribution is 9.10. The molecular formula is C20H13BrClNO2S2. The molecule has 0 aliphatic carbocycles. The molecule has 0 unspecified atom stereocenters. The van der Waals surface area contributed by atoms with Crippen LogP contribution >= 0.6 is 51.5 Å². The lowest BCUT2D eigenvalue weighted by Gasteiger charge is -2.23. The molecule has 1 fully saturated rings. The first-order valence-corrected chi connectivity index (χ1v) is 10.5. The number of benzene rings is 2. The van der Waals surface area contributed by atoms with Gasteiger partial charge in [-0.2, -0.15) is 0 Å². The van der Waals surface area contributed by atoms with Gasteiger partial charge in [0.2, 0.25) is 0 Å². The second-order valence-corrected chi connectivity index (χ2v) is 9.03. The Hall–Kier alpha value is -1.60. The molecule has 2 aromatic carbocycles. The van der Waals surface area contributed by atoms with Gasteiger partial charge in [0.05, 0.1) is 16.0 Å². The van der Waals surface area contributed by atoms with E-state index in [2.05, 4.69) is 15.9 Å². The van der Waals surface area contributed by atoms with Crippen molar-refractivity contribution in [3.05, 3.63) is 74.3 Å². The number of nitrogens with zero attached hydrogens (tertiary/aromatic N) is 1. The van der Waals surface area contributed by atoms with Gasteiger partial charge < -0.3 is 4.42 Å². The first-order valence-electron chi connectivity index (χ1n) is 8.15. The molecule has 0 radical (unpaired) electrons. The van der Waals surface area contributed by atoms with Crippen molar-refractivity contribution in [2.24, 2.45) is 0 Å². The lowest BCUT2D eigenvalue weighted by molar-refractivity contribution is -0.123. The van der Waals surface area contributed by atoms with E-state index in [9.17, 15) is 4.79 Å². The fraction of sp³-hybridized carbons (Fsp3) is 0.100. The fourth-order valence-corrected chi connectivity index (χ4v) is 4.96. The summed E-state index contributed by atoms with van der Waals surface area (Å²) in [4.78, 5) is 15.1. The first-order chi connectivity index (χ1) is 13.0. The van der Waals surface area contributed by atoms with E-state index in [0.717, 1.165) is 15.4 Å². The normalized spacial score (nSPS) is 17.3. The van der Waals surface area contributed by atoms with Gasteiger partial charge >= 0.3 is 0 Å². The summed E-state index contributed by atoms with van der Waals surface area (Å²) in [5, 5.41) is 1.28. The summed E-state index contributed by atoms with van der Waals surface area (Å²) in [5.41, 5.74) is 1.70. The maximum Gasteiger partial charge on any atom is 0.266 e. The van der Waals surface area contributed by atoms with Crippen LogP contribution in [0.15, 0.2) is 62.3 Å². The molecule has 3 nitrogen and oxygen atoms in total. The van der Waals surface area contributed by atoms with E-state index in [0.29, 0.717) is 25.6 Å². The van der Waals surface area contributed by atoms with Crippen LogP contribution in [0.3, 0.4) is 0 Å². The lowest BCUT2D eigenvalue weighted by Crippen LogP contribution is -2.30. The van der Waals surface area contributed by atoms with Crippen molar-refractivity contribution in [1.82, 2.24) is 4.90 Å². The molecule has 27 heavy (non-hydrogen) atoms. The van der Waals surface area contributed by atoms with E-state index in [-0.39, 0.29) is 11.9 Å². The van der Waals surface area contributed by atoms with Gasteiger partial charge in [-0.15, -0.1) is 0 Å². The highest BCUT2D eigenvalue weighted by Crippen LogP contribution is 2.40. The lowest BCUT2D eigenvalue weighted by atomic mass is 10.1. The van der Waals surface area contributed by atoms with Crippen molar-refractivity contribution in [3.63, 3.8) is 0 Å². The van der Waals surface area contributed by atoms with Crippen molar-refractivity contribution in [2.45, 2.75) is 13.0 Å². The van der Waals surface area contributed by atoms with Gasteiger partial charge in [0.15, 0.2) is 0 Å². The number of rotatable bonds is 3. The van der Waals surface area contributed by atoms with Crippen LogP contribution in [0.2, 0.25) is 5.02 Å². The van der Waals surface area contributed by atoms with Crippen LogP contribution in [0.25, 0.3) is 17.0 Å². The number of thioether (sulfide) groups is 1. The third kappa shape index (κ3) is 3.47. The highest BCUT2D eigenvalue weighted by Gasteiger charge is 2.36. The minimum atomic E-state index is -0.147. The molecule has 3 aromatic rings. The molecule has 0 N–H and O–H groups in total. The number of amides is 1. The van der Waals surface area contributed by atoms with Gasteiger partial charge in [0.1, 0.15) is 15.7 Å². The van der Waals surface area contributed by atoms with Gasteiger partial charge in [-0.25, -0.2) is 0 Å². The second-order valence-electron chi connectivity index (χ2n) is 6.06. The average molecular weight is 479 g/mol. The molecule has 0 spiro atoms. The number of halogens is 2. The molecular weight excluding hydrogens is 466 g/mol. The first kappa shape index (κ1) is 18.7. The molecule has 0 bridgehead atoms. The van der Waals surface area contributed by atoms with Gasteiger partial charge in [0.25, 0.3) is 5.91 Å². The number of hydrogen-bond acceptors (Lipinski definition) is 4. The van der Waals surface area contributed by atoms with Crippen LogP contribution in [-0.4, -0.2) is 15.1 Å². The number of furan rings is 1. The summed E-state index contributed by atoms with van der Waals surface area (Å²) in [7, 11) is 0. The highest BCUT2D eigenvalue weighted by atomic mass is 79.9. The summed E-state index contributed by atoms with van der Waals surface area (Å²) in [6.45, 7) is 1.97. The van der Waals surface area contributed by atoms with Crippen LogP contribution < -0.4 is 0 Å². The summed E-state index contributed by atoms with van der Waals surface area (Å²) >= 11 is 16.6. The molecule has 1 amide bonds. The van der Waals surface area contributed by atoms with Crippen LogP contribution in [0.5, 0.6) is 0 Å². The molecule has 0 saturated carbocycles. The molecule has 7 heteroatoms. The summed E-state index contributed by atoms with van der Waals surface area (Å²) in [5.74, 6) is 0.316. The maximum atomic E-state index is 13.0. The van der Waals surface area contributed by atoms with Crippen molar-refractivity contribution >= 4 is 78.8 Å². The largest absolute Gasteiger partial charge is 0.455 e. The zero-order chi connectivity index (χ0) is 19.1. The van der Waals surface area contributed by atoms with Crippen LogP contribution in [0.4, 0.5) is 0 Å². The predicted molar refractivity (Wildman–Crippen MR) is 119 cm³/mol. The summed E-state index contributed by atoms with van der Waals surface area (Å²) < 4.78 is 7.26. The van der Waals surface area contributed by atoms with Gasteiger partial charge in [-0.3, -0.25) is 9.69 Å². The molecule has 1 saturated heterocycles. The Labute approximate surface area is 179 Å². The number of fused-ring (bicyclic) bond motifs is 1. The van der Waals surface area contributed by atoms with Gasteiger partial charge in [-0.05, 0) is 30.7 Å². The number of carbonyl (C=O) groups excluding carboxylic acids is 1. The molecule has 1 aromatic heterocycles. The average Bonchev–Trinajstić information content (AvgIpc) is 3.12. The number of hydrogen-bond donors (Lipinski definition) is 0. The Bertz CT molecular complexity index is 1090. The van der Waals surface area contributed by atoms with Crippen LogP contribution in [0.1, 0.15) is 24.3 Å². The van der Waals surface area contributed by atoms with Crippen molar-refractivity contribution in [3.8, 4) is 0 Å². The zero-order valence-corrected chi connectivity index (χ0v) is 18.1. The van der Waals surface area contributed by atoms with E-state index >= 15 is 0 Å². The Morgan fingerprint density at radius 1 is 1.26 bits per heavy atom. The molecule has 1 aliphatic heterocycles. The van der Waals surface area contributed by atoms with E-state index in [1.54, 1.807) is 11.0 Å². The second kappa shape index (κ2) is 7.43. The Morgan fingerprint density at radius 2 is 2.00 bits per heavy atom. The smallest absolute Gasteiger partial charge is 0.266 e.